The fourth-order valence-electron chi connectivity index (χ4n) is 1.68. The first-order valence-corrected chi connectivity index (χ1v) is 9.43. The molecule has 17 heteroatoms. The smallest absolute Gasteiger partial charge is 0.353 e. The molecule has 1 rings (SSSR count). The van der Waals surface area contributed by atoms with Gasteiger partial charge in [-0.25, -0.2) is 12.5 Å². The van der Waals surface area contributed by atoms with Crippen LogP contribution in [-0.4, -0.2) is 77.2 Å². The second kappa shape index (κ2) is 7.19. The minimum absolute atomic E-state index is 0.774. The van der Waals surface area contributed by atoms with E-state index in [0.717, 1.165) is 7.11 Å². The summed E-state index contributed by atoms with van der Waals surface area (Å²) in [6, 6.07) is 0. The highest BCUT2D eigenvalue weighted by Crippen LogP contribution is 2.27. The van der Waals surface area contributed by atoms with Gasteiger partial charge in [-0.3, -0.25) is 13.7 Å². The molecule has 0 saturated carbocycles. The average Bonchev–Trinajstić information content (AvgIpc) is 2.28. The zero-order valence-corrected chi connectivity index (χ0v) is 13.5. The average molecular weight is 404 g/mol. The number of methoxy groups -OCH3 is 1. The van der Waals surface area contributed by atoms with Gasteiger partial charge in [0.2, 0.25) is 0 Å². The molecule has 1 aliphatic rings. The lowest BCUT2D eigenvalue weighted by molar-refractivity contribution is -0.246. The summed E-state index contributed by atoms with van der Waals surface area (Å²) in [6.07, 6.45) is -7.93. The fourth-order valence-corrected chi connectivity index (χ4v) is 3.16. The number of hydrogen-bond donors (Lipinski definition) is 3. The lowest BCUT2D eigenvalue weighted by Gasteiger charge is -2.38. The van der Waals surface area contributed by atoms with Crippen molar-refractivity contribution in [1.82, 2.24) is 0 Å². The Labute approximate surface area is 131 Å². The molecule has 0 spiro atoms. The molecule has 0 unspecified atom stereocenters. The van der Waals surface area contributed by atoms with Crippen LogP contribution in [0.15, 0.2) is 0 Å². The minimum atomic E-state index is -5.26. The monoisotopic (exact) mass is 404 g/mol. The maximum atomic E-state index is 10.8. The Bertz CT molecular complexity index is 706. The van der Waals surface area contributed by atoms with E-state index in [1.165, 1.54) is 0 Å². The maximum Gasteiger partial charge on any atom is 0.397 e. The summed E-state index contributed by atoms with van der Waals surface area (Å²) < 4.78 is 112. The molecule has 0 aromatic carbocycles. The van der Waals surface area contributed by atoms with Crippen molar-refractivity contribution in [3.05, 3.63) is 0 Å². The third-order valence-electron chi connectivity index (χ3n) is 2.33. The van der Waals surface area contributed by atoms with Crippen LogP contribution in [0.5, 0.6) is 0 Å². The third-order valence-corrected chi connectivity index (χ3v) is 3.75. The van der Waals surface area contributed by atoms with E-state index in [1.54, 1.807) is 0 Å². The Kier molecular flexibility index (Phi) is 6.43. The van der Waals surface area contributed by atoms with E-state index in [2.05, 4.69) is 17.3 Å². The second-order valence-electron chi connectivity index (χ2n) is 3.98. The highest BCUT2D eigenvalue weighted by atomic mass is 32.3. The molecule has 138 valence electrons. The SMILES string of the molecule is CO[C@H]1OC[C@@H](OS(=O)(=O)O)[C@H](OS(=O)(=O)O)[C@H]1OS(=O)(=O)O. The van der Waals surface area contributed by atoms with Crippen LogP contribution in [-0.2, 0) is 53.2 Å². The van der Waals surface area contributed by atoms with Crippen molar-refractivity contribution in [1.29, 1.82) is 0 Å². The molecular weight excluding hydrogens is 392 g/mol. The van der Waals surface area contributed by atoms with Crippen molar-refractivity contribution < 1.29 is 60.9 Å². The van der Waals surface area contributed by atoms with Crippen LogP contribution >= 0.6 is 0 Å². The van der Waals surface area contributed by atoms with Crippen molar-refractivity contribution in [2.45, 2.75) is 24.6 Å². The van der Waals surface area contributed by atoms with E-state index >= 15 is 0 Å². The molecule has 0 aromatic rings. The van der Waals surface area contributed by atoms with Crippen molar-refractivity contribution in [2.24, 2.45) is 0 Å². The zero-order valence-electron chi connectivity index (χ0n) is 11.1. The first kappa shape index (κ1) is 20.6. The molecule has 23 heavy (non-hydrogen) atoms. The summed E-state index contributed by atoms with van der Waals surface area (Å²) in [7, 11) is -14.6. The van der Waals surface area contributed by atoms with Gasteiger partial charge in [0.1, 0.15) is 12.2 Å². The van der Waals surface area contributed by atoms with Crippen LogP contribution in [0, 0.1) is 0 Å². The molecule has 0 aromatic heterocycles. The zero-order chi connectivity index (χ0) is 18.1. The van der Waals surface area contributed by atoms with Gasteiger partial charge in [-0.2, -0.15) is 25.3 Å². The van der Waals surface area contributed by atoms with Crippen molar-refractivity contribution in [2.75, 3.05) is 13.7 Å². The quantitative estimate of drug-likeness (QED) is 0.376. The summed E-state index contributed by atoms with van der Waals surface area (Å²) >= 11 is 0. The Hall–Kier alpha value is -0.470. The summed E-state index contributed by atoms with van der Waals surface area (Å²) in [6.45, 7) is -0.774. The van der Waals surface area contributed by atoms with E-state index in [9.17, 15) is 25.3 Å². The number of ether oxygens (including phenoxy) is 2. The first-order chi connectivity index (χ1) is 10.2. The van der Waals surface area contributed by atoms with Gasteiger partial charge in [0.25, 0.3) is 0 Å². The molecule has 0 amide bonds. The normalized spacial score (nSPS) is 30.3. The molecule has 3 N–H and O–H groups in total. The highest BCUT2D eigenvalue weighted by Gasteiger charge is 2.49. The second-order valence-corrected chi connectivity index (χ2v) is 7.12. The van der Waals surface area contributed by atoms with Gasteiger partial charge < -0.3 is 9.47 Å². The minimum Gasteiger partial charge on any atom is -0.353 e. The van der Waals surface area contributed by atoms with Crippen molar-refractivity contribution in [3.63, 3.8) is 0 Å². The van der Waals surface area contributed by atoms with Gasteiger partial charge in [-0.1, -0.05) is 0 Å². The van der Waals surface area contributed by atoms with E-state index in [-0.39, 0.29) is 0 Å². The van der Waals surface area contributed by atoms with Crippen LogP contribution in [0.4, 0.5) is 0 Å². The molecule has 4 atom stereocenters. The summed E-state index contributed by atoms with van der Waals surface area (Å²) in [5.41, 5.74) is 0. The molecule has 0 bridgehead atoms. The van der Waals surface area contributed by atoms with Gasteiger partial charge in [0, 0.05) is 7.11 Å². The van der Waals surface area contributed by atoms with Gasteiger partial charge >= 0.3 is 31.2 Å². The van der Waals surface area contributed by atoms with E-state index in [0.29, 0.717) is 0 Å². The van der Waals surface area contributed by atoms with Crippen molar-refractivity contribution in [3.8, 4) is 0 Å². The predicted molar refractivity (Wildman–Crippen MR) is 66.0 cm³/mol. The standard InChI is InChI=1S/C6H12O14S3/c1-16-6-5(20-23(13,14)15)4(19-22(10,11)12)3(2-17-6)18-21(7,8)9/h3-6H,2H2,1H3,(H,7,8,9)(H,10,11,12)(H,13,14,15)/t3-,4+,5-,6+/m1/s1. The summed E-state index contributed by atoms with van der Waals surface area (Å²) in [5, 5.41) is 0. The Balaban J connectivity index is 3.23. The molecule has 14 nitrogen and oxygen atoms in total. The Morgan fingerprint density at radius 2 is 1.26 bits per heavy atom. The van der Waals surface area contributed by atoms with Crippen molar-refractivity contribution >= 4 is 31.2 Å². The number of hydrogen-bond acceptors (Lipinski definition) is 11. The van der Waals surface area contributed by atoms with E-state index in [4.69, 9.17) is 18.4 Å². The topological polar surface area (TPSA) is 209 Å². The lowest BCUT2D eigenvalue weighted by Crippen LogP contribution is -2.58. The summed E-state index contributed by atoms with van der Waals surface area (Å²) in [4.78, 5) is 0. The van der Waals surface area contributed by atoms with Gasteiger partial charge in [0.05, 0.1) is 6.61 Å². The van der Waals surface area contributed by atoms with Crippen LogP contribution in [0.25, 0.3) is 0 Å². The van der Waals surface area contributed by atoms with Gasteiger partial charge in [-0.15, -0.1) is 0 Å². The first-order valence-electron chi connectivity index (χ1n) is 5.33. The van der Waals surface area contributed by atoms with Gasteiger partial charge in [-0.05, 0) is 0 Å². The number of rotatable bonds is 7. The third kappa shape index (κ3) is 7.30. The predicted octanol–water partition coefficient (Wildman–Crippen LogP) is -2.45. The van der Waals surface area contributed by atoms with E-state index < -0.39 is 62.4 Å². The largest absolute Gasteiger partial charge is 0.397 e. The molecule has 0 radical (unpaired) electrons. The maximum absolute atomic E-state index is 10.8. The van der Waals surface area contributed by atoms with Gasteiger partial charge in [0.15, 0.2) is 12.4 Å². The van der Waals surface area contributed by atoms with Crippen LogP contribution in [0.1, 0.15) is 0 Å². The molecule has 1 saturated heterocycles. The molecule has 0 aliphatic carbocycles. The van der Waals surface area contributed by atoms with Crippen LogP contribution in [0.3, 0.4) is 0 Å². The highest BCUT2D eigenvalue weighted by molar-refractivity contribution is 7.81. The molecular formula is C6H12O14S3. The Morgan fingerprint density at radius 1 is 0.826 bits per heavy atom. The Morgan fingerprint density at radius 3 is 1.65 bits per heavy atom. The van der Waals surface area contributed by atoms with Crippen LogP contribution < -0.4 is 0 Å². The molecule has 1 aliphatic heterocycles. The van der Waals surface area contributed by atoms with Crippen LogP contribution in [0.2, 0.25) is 0 Å². The fraction of sp³-hybridized carbons (Fsp3) is 1.00. The summed E-state index contributed by atoms with van der Waals surface area (Å²) in [5.74, 6) is 0. The molecule has 1 fully saturated rings. The molecule has 1 heterocycles. The lowest BCUT2D eigenvalue weighted by atomic mass is 10.1. The van der Waals surface area contributed by atoms with E-state index in [1.807, 2.05) is 0 Å².